The van der Waals surface area contributed by atoms with Crippen molar-refractivity contribution in [1.29, 1.82) is 0 Å². The molecule has 4 aliphatic rings. The van der Waals surface area contributed by atoms with E-state index in [9.17, 15) is 9.59 Å². The van der Waals surface area contributed by atoms with Gasteiger partial charge in [0.2, 0.25) is 5.91 Å². The van der Waals surface area contributed by atoms with Crippen LogP contribution >= 0.6 is 22.7 Å². The van der Waals surface area contributed by atoms with Crippen LogP contribution in [0.5, 0.6) is 0 Å². The van der Waals surface area contributed by atoms with Crippen molar-refractivity contribution in [2.45, 2.75) is 103 Å². The number of amides is 1. The van der Waals surface area contributed by atoms with Gasteiger partial charge in [-0.25, -0.2) is 19.9 Å². The van der Waals surface area contributed by atoms with Gasteiger partial charge in [0.1, 0.15) is 39.4 Å². The number of carbonyl (C=O) groups excluding carboxylic acids is 1. The summed E-state index contributed by atoms with van der Waals surface area (Å²) in [6.45, 7) is 1.92. The molecule has 4 heterocycles. The van der Waals surface area contributed by atoms with E-state index in [0.29, 0.717) is 11.6 Å². The Morgan fingerprint density at radius 2 is 1.15 bits per heavy atom. The summed E-state index contributed by atoms with van der Waals surface area (Å²) in [6.07, 6.45) is 17.4. The number of anilines is 2. The van der Waals surface area contributed by atoms with Gasteiger partial charge in [-0.05, 0) is 100 Å². The molecule has 2 fully saturated rings. The van der Waals surface area contributed by atoms with Crippen LogP contribution in [0.25, 0.3) is 20.4 Å². The standard InChI is InChI=1S/C19H26N4OS.C17H21N3O2S/c1-23(2)16(24)10-15-21-18(20-11-12-8-9-12)17-13-6-4-3-5-7-14(13)25-19(17)22-15;21-14(22)8-13-19-16(18-9-10-6-7-10)15-11-4-2-1-3-5-12(11)23-17(15)20-13/h12H,3-11H2,1-2H3,(H,20,21,22);10H,1-9H2,(H,21,22)(H,18,19,20). The maximum atomic E-state index is 12.1. The largest absolute Gasteiger partial charge is 0.481 e. The molecule has 0 unspecified atom stereocenters. The number of carbonyl (C=O) groups is 2. The Bertz CT molecular complexity index is 1810. The van der Waals surface area contributed by atoms with Crippen molar-refractivity contribution in [3.63, 3.8) is 0 Å². The first kappa shape index (κ1) is 33.1. The molecule has 8 rings (SSSR count). The van der Waals surface area contributed by atoms with Gasteiger partial charge in [-0.1, -0.05) is 12.8 Å². The zero-order valence-electron chi connectivity index (χ0n) is 28.2. The molecule has 0 radical (unpaired) electrons. The number of hydrogen-bond acceptors (Lipinski definition) is 10. The minimum atomic E-state index is -0.879. The molecule has 0 aromatic carbocycles. The highest BCUT2D eigenvalue weighted by molar-refractivity contribution is 7.19. The number of aryl methyl sites for hydroxylation is 4. The molecule has 0 spiro atoms. The number of thiophene rings is 2. The van der Waals surface area contributed by atoms with Gasteiger partial charge >= 0.3 is 5.97 Å². The highest BCUT2D eigenvalue weighted by Gasteiger charge is 2.26. The van der Waals surface area contributed by atoms with Crippen molar-refractivity contribution >= 4 is 66.6 Å². The molecule has 12 heteroatoms. The lowest BCUT2D eigenvalue weighted by atomic mass is 10.1. The number of nitrogens with one attached hydrogen (secondary N) is 2. The fraction of sp³-hybridized carbons (Fsp3) is 0.611. The molecule has 0 atom stereocenters. The first-order valence-electron chi connectivity index (χ1n) is 17.8. The molecule has 256 valence electrons. The maximum Gasteiger partial charge on any atom is 0.311 e. The van der Waals surface area contributed by atoms with Crippen LogP contribution in [0.4, 0.5) is 11.6 Å². The molecule has 48 heavy (non-hydrogen) atoms. The van der Waals surface area contributed by atoms with E-state index in [1.54, 1.807) is 30.3 Å². The Morgan fingerprint density at radius 3 is 1.58 bits per heavy atom. The summed E-state index contributed by atoms with van der Waals surface area (Å²) >= 11 is 3.55. The lowest BCUT2D eigenvalue weighted by Gasteiger charge is -2.12. The molecule has 3 N–H and O–H groups in total. The van der Waals surface area contributed by atoms with E-state index in [1.807, 2.05) is 11.3 Å². The summed E-state index contributed by atoms with van der Waals surface area (Å²) in [5.41, 5.74) is 2.86. The normalized spacial score (nSPS) is 17.5. The Balaban J connectivity index is 0.000000152. The number of nitrogens with zero attached hydrogens (tertiary/aromatic N) is 5. The summed E-state index contributed by atoms with van der Waals surface area (Å²) < 4.78 is 0. The van der Waals surface area contributed by atoms with Gasteiger partial charge in [0.15, 0.2) is 0 Å². The molecule has 0 bridgehead atoms. The average molecular weight is 690 g/mol. The predicted octanol–water partition coefficient (Wildman–Crippen LogP) is 6.82. The van der Waals surface area contributed by atoms with Gasteiger partial charge in [0, 0.05) is 36.9 Å². The van der Waals surface area contributed by atoms with Gasteiger partial charge < -0.3 is 20.6 Å². The number of carboxylic acid groups (broad SMARTS) is 1. The highest BCUT2D eigenvalue weighted by atomic mass is 32.1. The van der Waals surface area contributed by atoms with Gasteiger partial charge in [-0.2, -0.15) is 0 Å². The number of likely N-dealkylation sites (N-methyl/N-ethyl adjacent to an activating group) is 1. The number of aromatic nitrogens is 4. The Kier molecular flexibility index (Phi) is 10.1. The SMILES string of the molecule is CN(C)C(=O)Cc1nc(NCC2CC2)c2c3c(sc2n1)CCCCC3.O=C(O)Cc1nc(NCC2CC2)c2c3c(sc2n1)CCCCC3. The molecular formula is C36H47N7O3S2. The summed E-state index contributed by atoms with van der Waals surface area (Å²) in [6, 6.07) is 0. The fourth-order valence-electron chi connectivity index (χ4n) is 6.73. The molecule has 4 aromatic heterocycles. The Labute approximate surface area is 290 Å². The smallest absolute Gasteiger partial charge is 0.311 e. The maximum absolute atomic E-state index is 12.1. The number of rotatable bonds is 10. The molecule has 0 saturated heterocycles. The zero-order valence-corrected chi connectivity index (χ0v) is 29.8. The number of carboxylic acids is 1. The van der Waals surface area contributed by atoms with Crippen molar-refractivity contribution < 1.29 is 14.7 Å². The molecule has 1 amide bonds. The van der Waals surface area contributed by atoms with E-state index in [2.05, 4.69) is 20.6 Å². The van der Waals surface area contributed by atoms with Crippen LogP contribution in [0.1, 0.15) is 96.7 Å². The van der Waals surface area contributed by atoms with Crippen LogP contribution < -0.4 is 10.6 Å². The number of fused-ring (bicyclic) bond motifs is 6. The third-order valence-electron chi connectivity index (χ3n) is 9.85. The van der Waals surface area contributed by atoms with E-state index < -0.39 is 5.97 Å². The van der Waals surface area contributed by atoms with Crippen LogP contribution in [0.2, 0.25) is 0 Å². The average Bonchev–Trinajstić information content (AvgIpc) is 3.97. The van der Waals surface area contributed by atoms with Gasteiger partial charge in [0.25, 0.3) is 0 Å². The second kappa shape index (κ2) is 14.6. The lowest BCUT2D eigenvalue weighted by Crippen LogP contribution is -2.24. The van der Waals surface area contributed by atoms with Crippen molar-refractivity contribution in [3.8, 4) is 0 Å². The number of aliphatic carboxylic acids is 1. The molecule has 4 aliphatic carbocycles. The minimum absolute atomic E-state index is 0.0469. The van der Waals surface area contributed by atoms with Crippen LogP contribution in [-0.2, 0) is 48.1 Å². The van der Waals surface area contributed by atoms with E-state index in [1.165, 1.54) is 90.5 Å². The summed E-state index contributed by atoms with van der Waals surface area (Å²) in [5.74, 6) is 3.58. The van der Waals surface area contributed by atoms with Gasteiger partial charge in [0.05, 0.1) is 17.2 Å². The van der Waals surface area contributed by atoms with Crippen molar-refractivity contribution in [2.24, 2.45) is 11.8 Å². The lowest BCUT2D eigenvalue weighted by molar-refractivity contribution is -0.136. The summed E-state index contributed by atoms with van der Waals surface area (Å²) in [4.78, 5) is 48.3. The third-order valence-corrected chi connectivity index (χ3v) is 12.2. The summed E-state index contributed by atoms with van der Waals surface area (Å²) in [7, 11) is 3.56. The van der Waals surface area contributed by atoms with Crippen LogP contribution in [0.3, 0.4) is 0 Å². The second-order valence-electron chi connectivity index (χ2n) is 14.2. The summed E-state index contributed by atoms with van der Waals surface area (Å²) in [5, 5.41) is 18.5. The predicted molar refractivity (Wildman–Crippen MR) is 194 cm³/mol. The van der Waals surface area contributed by atoms with Crippen molar-refractivity contribution in [2.75, 3.05) is 37.8 Å². The topological polar surface area (TPSA) is 133 Å². The van der Waals surface area contributed by atoms with Crippen molar-refractivity contribution in [3.05, 3.63) is 32.5 Å². The Morgan fingerprint density at radius 1 is 0.688 bits per heavy atom. The fourth-order valence-corrected chi connectivity index (χ4v) is 9.29. The van der Waals surface area contributed by atoms with Gasteiger partial charge in [-0.3, -0.25) is 9.59 Å². The minimum Gasteiger partial charge on any atom is -0.481 e. The third kappa shape index (κ3) is 7.91. The van der Waals surface area contributed by atoms with Crippen LogP contribution in [0.15, 0.2) is 0 Å². The van der Waals surface area contributed by atoms with E-state index in [-0.39, 0.29) is 18.7 Å². The van der Waals surface area contributed by atoms with E-state index >= 15 is 0 Å². The molecule has 2 saturated carbocycles. The van der Waals surface area contributed by atoms with E-state index in [0.717, 1.165) is 77.3 Å². The first-order chi connectivity index (χ1) is 23.3. The molecule has 0 aliphatic heterocycles. The molecular weight excluding hydrogens is 643 g/mol. The van der Waals surface area contributed by atoms with Gasteiger partial charge in [-0.15, -0.1) is 22.7 Å². The highest BCUT2D eigenvalue weighted by Crippen LogP contribution is 2.40. The first-order valence-corrected chi connectivity index (χ1v) is 19.5. The number of hydrogen-bond donors (Lipinski definition) is 3. The second-order valence-corrected chi connectivity index (χ2v) is 16.3. The van der Waals surface area contributed by atoms with Crippen molar-refractivity contribution in [1.82, 2.24) is 24.8 Å². The molecule has 10 nitrogen and oxygen atoms in total. The molecule has 4 aromatic rings. The Hall–Kier alpha value is -3.38. The zero-order chi connectivity index (χ0) is 33.2. The van der Waals surface area contributed by atoms with Crippen LogP contribution in [-0.4, -0.2) is 69.0 Å². The van der Waals surface area contributed by atoms with Crippen LogP contribution in [0, 0.1) is 11.8 Å². The monoisotopic (exact) mass is 689 g/mol. The van der Waals surface area contributed by atoms with E-state index in [4.69, 9.17) is 15.1 Å². The quantitative estimate of drug-likeness (QED) is 0.153.